The summed E-state index contributed by atoms with van der Waals surface area (Å²) in [5, 5.41) is 5.13. The second kappa shape index (κ2) is 6.16. The van der Waals surface area contributed by atoms with Crippen LogP contribution in [0.5, 0.6) is 0 Å². The highest BCUT2D eigenvalue weighted by atomic mass is 14.1. The van der Waals surface area contributed by atoms with Gasteiger partial charge < -0.3 is 0 Å². The van der Waals surface area contributed by atoms with E-state index in [0.29, 0.717) is 0 Å². The predicted octanol–water partition coefficient (Wildman–Crippen LogP) is 7.33. The molecule has 0 saturated carbocycles. The van der Waals surface area contributed by atoms with Gasteiger partial charge in [0.2, 0.25) is 0 Å². The summed E-state index contributed by atoms with van der Waals surface area (Å²) in [6, 6.07) is 39.2. The summed E-state index contributed by atoms with van der Waals surface area (Å²) in [6.07, 6.45) is 0. The first kappa shape index (κ1) is 14.9. The molecule has 0 bridgehead atoms. The molecule has 0 N–H and O–H groups in total. The van der Waals surface area contributed by atoms with Crippen molar-refractivity contribution in [1.29, 1.82) is 0 Å². The van der Waals surface area contributed by atoms with Gasteiger partial charge in [0.15, 0.2) is 0 Å². The van der Waals surface area contributed by atoms with Gasteiger partial charge in [-0.25, -0.2) is 0 Å². The maximum absolute atomic E-state index is 2.26. The number of rotatable bonds is 2. The third-order valence-corrected chi connectivity index (χ3v) is 5.05. The van der Waals surface area contributed by atoms with Crippen molar-refractivity contribution in [3.05, 3.63) is 109 Å². The highest BCUT2D eigenvalue weighted by molar-refractivity contribution is 5.89. The van der Waals surface area contributed by atoms with Gasteiger partial charge in [-0.2, -0.15) is 0 Å². The summed E-state index contributed by atoms with van der Waals surface area (Å²) in [5.41, 5.74) is 5.02. The maximum atomic E-state index is 2.26. The molecule has 0 heteroatoms. The van der Waals surface area contributed by atoms with E-state index >= 15 is 0 Å². The number of benzene rings is 5. The number of hydrogen-bond acceptors (Lipinski definition) is 0. The average molecular weight is 330 g/mol. The zero-order valence-corrected chi connectivity index (χ0v) is 14.4. The van der Waals surface area contributed by atoms with Gasteiger partial charge >= 0.3 is 0 Å². The van der Waals surface area contributed by atoms with Crippen molar-refractivity contribution in [3.8, 4) is 22.3 Å². The SMILES string of the molecule is c1ccc2cc(-c3ccc(-c4ccc5ccccc5c4)cc3)ccc2c1. The van der Waals surface area contributed by atoms with Crippen molar-refractivity contribution in [3.63, 3.8) is 0 Å². The lowest BCUT2D eigenvalue weighted by atomic mass is 9.97. The lowest BCUT2D eigenvalue weighted by molar-refractivity contribution is 1.61. The van der Waals surface area contributed by atoms with E-state index < -0.39 is 0 Å². The Balaban J connectivity index is 1.52. The highest BCUT2D eigenvalue weighted by Gasteiger charge is 2.03. The Hall–Kier alpha value is -3.38. The normalized spacial score (nSPS) is 11.1. The summed E-state index contributed by atoms with van der Waals surface area (Å²) < 4.78 is 0. The summed E-state index contributed by atoms with van der Waals surface area (Å²) in [6.45, 7) is 0. The molecule has 0 aromatic heterocycles. The largest absolute Gasteiger partial charge is 0.0616 e. The van der Waals surface area contributed by atoms with Gasteiger partial charge in [-0.15, -0.1) is 0 Å². The van der Waals surface area contributed by atoms with Crippen LogP contribution in [0.3, 0.4) is 0 Å². The Morgan fingerprint density at radius 1 is 0.269 bits per heavy atom. The molecule has 0 unspecified atom stereocenters. The highest BCUT2D eigenvalue weighted by Crippen LogP contribution is 2.29. The van der Waals surface area contributed by atoms with Gasteiger partial charge in [0.05, 0.1) is 0 Å². The molecule has 122 valence electrons. The Bertz CT molecular complexity index is 1120. The molecule has 0 atom stereocenters. The quantitative estimate of drug-likeness (QED) is 0.318. The van der Waals surface area contributed by atoms with E-state index in [2.05, 4.69) is 109 Å². The molecule has 0 amide bonds. The van der Waals surface area contributed by atoms with Crippen molar-refractivity contribution in [2.75, 3.05) is 0 Å². The standard InChI is InChI=1S/C26H18/c1-3-7-23-17-25(15-13-19(23)5-1)21-9-11-22(12-10-21)26-16-14-20-6-2-4-8-24(20)18-26/h1-18H. The fourth-order valence-corrected chi connectivity index (χ4v) is 3.59. The Morgan fingerprint density at radius 2 is 0.615 bits per heavy atom. The first-order valence-electron chi connectivity index (χ1n) is 8.95. The van der Waals surface area contributed by atoms with Gasteiger partial charge in [0.25, 0.3) is 0 Å². The summed E-state index contributed by atoms with van der Waals surface area (Å²) in [7, 11) is 0. The summed E-state index contributed by atoms with van der Waals surface area (Å²) >= 11 is 0. The molecule has 0 aliphatic heterocycles. The third-order valence-electron chi connectivity index (χ3n) is 5.05. The van der Waals surface area contributed by atoms with E-state index in [1.54, 1.807) is 0 Å². The molecule has 0 saturated heterocycles. The van der Waals surface area contributed by atoms with Crippen molar-refractivity contribution in [2.45, 2.75) is 0 Å². The Morgan fingerprint density at radius 3 is 1.04 bits per heavy atom. The Labute approximate surface area is 153 Å². The van der Waals surface area contributed by atoms with E-state index in [0.717, 1.165) is 0 Å². The number of hydrogen-bond donors (Lipinski definition) is 0. The third kappa shape index (κ3) is 2.66. The van der Waals surface area contributed by atoms with Gasteiger partial charge in [0, 0.05) is 0 Å². The zero-order chi connectivity index (χ0) is 17.3. The minimum Gasteiger partial charge on any atom is -0.0616 e. The van der Waals surface area contributed by atoms with Crippen LogP contribution in [0.4, 0.5) is 0 Å². The molecular weight excluding hydrogens is 312 g/mol. The van der Waals surface area contributed by atoms with Crippen LogP contribution in [0.2, 0.25) is 0 Å². The summed E-state index contributed by atoms with van der Waals surface area (Å²) in [5.74, 6) is 0. The maximum Gasteiger partial charge on any atom is -0.0178 e. The molecule has 5 aromatic rings. The van der Waals surface area contributed by atoms with Crippen molar-refractivity contribution >= 4 is 21.5 Å². The van der Waals surface area contributed by atoms with Crippen molar-refractivity contribution in [2.24, 2.45) is 0 Å². The monoisotopic (exact) mass is 330 g/mol. The molecule has 5 aromatic carbocycles. The molecule has 5 rings (SSSR count). The zero-order valence-electron chi connectivity index (χ0n) is 14.4. The van der Waals surface area contributed by atoms with Crippen LogP contribution >= 0.6 is 0 Å². The smallest absolute Gasteiger partial charge is 0.0178 e. The molecule has 0 fully saturated rings. The molecule has 0 aliphatic carbocycles. The Kier molecular flexibility index (Phi) is 3.54. The molecule has 26 heavy (non-hydrogen) atoms. The van der Waals surface area contributed by atoms with Gasteiger partial charge in [-0.3, -0.25) is 0 Å². The van der Waals surface area contributed by atoms with Crippen LogP contribution in [0.15, 0.2) is 109 Å². The topological polar surface area (TPSA) is 0 Å². The fourth-order valence-electron chi connectivity index (χ4n) is 3.59. The van der Waals surface area contributed by atoms with E-state index in [9.17, 15) is 0 Å². The number of fused-ring (bicyclic) bond motifs is 2. The molecular formula is C26H18. The molecule has 0 nitrogen and oxygen atoms in total. The predicted molar refractivity (Wildman–Crippen MR) is 112 cm³/mol. The molecule has 0 heterocycles. The minimum atomic E-state index is 1.25. The first-order chi connectivity index (χ1) is 12.9. The van der Waals surface area contributed by atoms with Crippen LogP contribution in [-0.4, -0.2) is 0 Å². The van der Waals surface area contributed by atoms with Crippen LogP contribution in [-0.2, 0) is 0 Å². The summed E-state index contributed by atoms with van der Waals surface area (Å²) in [4.78, 5) is 0. The average Bonchev–Trinajstić information content (AvgIpc) is 2.73. The van der Waals surface area contributed by atoms with E-state index in [1.165, 1.54) is 43.8 Å². The second-order valence-electron chi connectivity index (χ2n) is 6.70. The van der Waals surface area contributed by atoms with Crippen LogP contribution in [0.1, 0.15) is 0 Å². The van der Waals surface area contributed by atoms with Crippen LogP contribution in [0, 0.1) is 0 Å². The van der Waals surface area contributed by atoms with Crippen LogP contribution in [0.25, 0.3) is 43.8 Å². The van der Waals surface area contributed by atoms with Gasteiger partial charge in [-0.05, 0) is 55.9 Å². The van der Waals surface area contributed by atoms with Crippen LogP contribution < -0.4 is 0 Å². The molecule has 0 aliphatic rings. The van der Waals surface area contributed by atoms with E-state index in [-0.39, 0.29) is 0 Å². The van der Waals surface area contributed by atoms with Crippen molar-refractivity contribution < 1.29 is 0 Å². The lowest BCUT2D eigenvalue weighted by Gasteiger charge is -2.07. The van der Waals surface area contributed by atoms with Gasteiger partial charge in [-0.1, -0.05) is 97.1 Å². The van der Waals surface area contributed by atoms with E-state index in [1.807, 2.05) is 0 Å². The lowest BCUT2D eigenvalue weighted by Crippen LogP contribution is -1.82. The van der Waals surface area contributed by atoms with Gasteiger partial charge in [0.1, 0.15) is 0 Å². The first-order valence-corrected chi connectivity index (χ1v) is 8.95. The molecule has 0 radical (unpaired) electrons. The second-order valence-corrected chi connectivity index (χ2v) is 6.70. The molecule has 0 spiro atoms. The minimum absolute atomic E-state index is 1.25. The van der Waals surface area contributed by atoms with Crippen molar-refractivity contribution in [1.82, 2.24) is 0 Å². The van der Waals surface area contributed by atoms with E-state index in [4.69, 9.17) is 0 Å². The fraction of sp³-hybridized carbons (Fsp3) is 0.